The smallest absolute Gasteiger partial charge is 0.372 e. The maximum absolute atomic E-state index is 12.2. The zero-order valence-electron chi connectivity index (χ0n) is 23.7. The average molecular weight is 607 g/mol. The number of nitrogens with two attached hydrogens (primary N) is 1. The van der Waals surface area contributed by atoms with E-state index in [1.54, 1.807) is 11.6 Å². The molecule has 0 spiro atoms. The topological polar surface area (TPSA) is 151 Å². The van der Waals surface area contributed by atoms with Crippen molar-refractivity contribution in [3.63, 3.8) is 0 Å². The van der Waals surface area contributed by atoms with Crippen molar-refractivity contribution in [3.05, 3.63) is 22.8 Å². The van der Waals surface area contributed by atoms with Crippen molar-refractivity contribution in [1.82, 2.24) is 20.4 Å². The molecule has 10 nitrogen and oxygen atoms in total. The standard InChI is InChI=1S/C15H25NO2.C11H6N4OS.C2H2F3NO/c1-10(18-15(4)5-6-15)7-13(17)16-8-11-12(9-16)14(11,2)3;1-2-7-5-17-9-4-14-15-11(10(7)9)8(3-12)13-6-16;3-2(4,5)1(6)7/h10-12H,5-9H2,1-4H3;1,4-6,8H,(H,13,16);(H2,6,7)/t10-,11-,12?;;/m1../s1. The molecular weight excluding hydrogens is 573 g/mol. The number of rotatable bonds is 7. The summed E-state index contributed by atoms with van der Waals surface area (Å²) >= 11 is 1.43. The van der Waals surface area contributed by atoms with Gasteiger partial charge in [-0.05, 0) is 43.9 Å². The number of likely N-dealkylation sites (tertiary alicyclic amines) is 1. The number of carbonyl (C=O) groups excluding carboxylic acids is 3. The fraction of sp³-hybridized carbons (Fsp3) is 0.571. The van der Waals surface area contributed by atoms with Crippen LogP contribution in [0.3, 0.4) is 0 Å². The third-order valence-electron chi connectivity index (χ3n) is 7.86. The number of piperidine rings is 1. The number of nitrogens with one attached hydrogen (secondary N) is 1. The third-order valence-corrected chi connectivity index (χ3v) is 8.78. The lowest BCUT2D eigenvalue weighted by atomic mass is 10.1. The normalized spacial score (nSPS) is 22.0. The highest BCUT2D eigenvalue weighted by molar-refractivity contribution is 7.17. The average Bonchev–Trinajstić information content (AvgIpc) is 3.52. The molecule has 4 atom stereocenters. The molecule has 0 aromatic carbocycles. The molecular formula is C28H33F3N6O4S. The van der Waals surface area contributed by atoms with Crippen LogP contribution in [0.15, 0.2) is 11.6 Å². The number of fused-ring (bicyclic) bond motifs is 2. The van der Waals surface area contributed by atoms with Crippen LogP contribution in [0.1, 0.15) is 64.3 Å². The molecule has 2 saturated carbocycles. The van der Waals surface area contributed by atoms with E-state index in [-0.39, 0.29) is 17.6 Å². The van der Waals surface area contributed by atoms with Crippen LogP contribution in [0.5, 0.6) is 0 Å². The molecule has 5 rings (SSSR count). The molecule has 0 bridgehead atoms. The summed E-state index contributed by atoms with van der Waals surface area (Å²) in [4.78, 5) is 33.8. The number of nitrogens with zero attached hydrogens (tertiary/aromatic N) is 4. The van der Waals surface area contributed by atoms with E-state index in [2.05, 4.69) is 52.8 Å². The van der Waals surface area contributed by atoms with Gasteiger partial charge in [-0.15, -0.1) is 17.8 Å². The lowest BCUT2D eigenvalue weighted by molar-refractivity contribution is -0.169. The molecule has 1 saturated heterocycles. The van der Waals surface area contributed by atoms with Crippen LogP contribution in [-0.4, -0.2) is 64.3 Å². The van der Waals surface area contributed by atoms with E-state index in [1.165, 1.54) is 11.3 Å². The number of terminal acetylenes is 1. The van der Waals surface area contributed by atoms with Gasteiger partial charge in [0.1, 0.15) is 5.69 Å². The van der Waals surface area contributed by atoms with Crippen molar-refractivity contribution in [2.45, 2.75) is 70.9 Å². The molecule has 3 aliphatic rings. The van der Waals surface area contributed by atoms with Crippen LogP contribution in [0, 0.1) is 40.9 Å². The number of thiophene rings is 1. The molecule has 3 fully saturated rings. The molecule has 3 heterocycles. The second-order valence-corrected chi connectivity index (χ2v) is 12.3. The molecule has 2 aromatic heterocycles. The lowest BCUT2D eigenvalue weighted by Gasteiger charge is -2.25. The lowest BCUT2D eigenvalue weighted by Crippen LogP contribution is -2.35. The van der Waals surface area contributed by atoms with Gasteiger partial charge in [0.15, 0.2) is 6.04 Å². The Kier molecular flexibility index (Phi) is 9.85. The van der Waals surface area contributed by atoms with Gasteiger partial charge < -0.3 is 20.7 Å². The first-order valence-corrected chi connectivity index (χ1v) is 14.1. The van der Waals surface area contributed by atoms with Gasteiger partial charge in [0.25, 0.3) is 0 Å². The third kappa shape index (κ3) is 7.75. The Labute approximate surface area is 245 Å². The molecule has 14 heteroatoms. The fourth-order valence-electron chi connectivity index (χ4n) is 5.01. The zero-order chi connectivity index (χ0) is 31.5. The maximum Gasteiger partial charge on any atom is 0.470 e. The fourth-order valence-corrected chi connectivity index (χ4v) is 5.88. The van der Waals surface area contributed by atoms with Gasteiger partial charge >= 0.3 is 12.1 Å². The van der Waals surface area contributed by atoms with Gasteiger partial charge in [-0.3, -0.25) is 14.4 Å². The minimum Gasteiger partial charge on any atom is -0.372 e. The van der Waals surface area contributed by atoms with Gasteiger partial charge in [0, 0.05) is 29.4 Å². The van der Waals surface area contributed by atoms with Crippen molar-refractivity contribution < 1.29 is 32.3 Å². The van der Waals surface area contributed by atoms with Crippen LogP contribution in [0.25, 0.3) is 10.1 Å². The summed E-state index contributed by atoms with van der Waals surface area (Å²) in [7, 11) is 0. The van der Waals surface area contributed by atoms with E-state index < -0.39 is 18.1 Å². The first-order chi connectivity index (χ1) is 19.6. The molecule has 2 aliphatic carbocycles. The number of aromatic nitrogens is 2. The van der Waals surface area contributed by atoms with Crippen LogP contribution in [-0.2, 0) is 19.1 Å². The summed E-state index contributed by atoms with van der Waals surface area (Å²) < 4.78 is 38.9. The molecule has 2 unspecified atom stereocenters. The van der Waals surface area contributed by atoms with Gasteiger partial charge in [0.2, 0.25) is 12.3 Å². The minimum absolute atomic E-state index is 0.0648. The Hall–Kier alpha value is -3.75. The van der Waals surface area contributed by atoms with Crippen molar-refractivity contribution in [3.8, 4) is 18.4 Å². The number of halogens is 3. The number of nitriles is 1. The number of primary amides is 1. The Morgan fingerprint density at radius 1 is 1.33 bits per heavy atom. The van der Waals surface area contributed by atoms with Gasteiger partial charge in [-0.1, -0.05) is 19.8 Å². The van der Waals surface area contributed by atoms with Crippen molar-refractivity contribution >= 4 is 39.6 Å². The number of amides is 3. The van der Waals surface area contributed by atoms with Crippen LogP contribution < -0.4 is 11.1 Å². The minimum atomic E-state index is -4.86. The molecule has 2 aromatic rings. The number of hydrogen-bond donors (Lipinski definition) is 2. The summed E-state index contributed by atoms with van der Waals surface area (Å²) in [6.07, 6.45) is 5.47. The predicted octanol–water partition coefficient (Wildman–Crippen LogP) is 3.47. The van der Waals surface area contributed by atoms with E-state index in [0.29, 0.717) is 34.9 Å². The first kappa shape index (κ1) is 32.8. The Morgan fingerprint density at radius 2 is 1.93 bits per heavy atom. The number of carbonyl (C=O) groups is 3. The summed E-state index contributed by atoms with van der Waals surface area (Å²) in [5, 5.41) is 21.5. The highest BCUT2D eigenvalue weighted by Crippen LogP contribution is 2.62. The van der Waals surface area contributed by atoms with E-state index in [0.717, 1.165) is 42.5 Å². The van der Waals surface area contributed by atoms with Crippen LogP contribution in [0.4, 0.5) is 13.2 Å². The monoisotopic (exact) mass is 606 g/mol. The molecule has 226 valence electrons. The Morgan fingerprint density at radius 3 is 2.40 bits per heavy atom. The molecule has 0 radical (unpaired) electrons. The number of hydrogen-bond acceptors (Lipinski definition) is 8. The molecule has 42 heavy (non-hydrogen) atoms. The first-order valence-electron chi connectivity index (χ1n) is 13.2. The molecule has 3 N–H and O–H groups in total. The SMILES string of the molecule is C#Cc1csc2cnnc(C(C#N)NC=O)c12.C[C@H](CC(=O)N1CC2[C@@H](C1)C2(C)C)OC1(C)CC1.NC(=O)C(F)(F)F. The van der Waals surface area contributed by atoms with Crippen molar-refractivity contribution in [1.29, 1.82) is 5.26 Å². The maximum atomic E-state index is 12.2. The second kappa shape index (κ2) is 12.6. The Bertz CT molecular complexity index is 1390. The van der Waals surface area contributed by atoms with Gasteiger partial charge in [0.05, 0.1) is 35.1 Å². The van der Waals surface area contributed by atoms with E-state index in [4.69, 9.17) is 21.2 Å². The van der Waals surface area contributed by atoms with E-state index >= 15 is 0 Å². The summed E-state index contributed by atoms with van der Waals surface area (Å²) in [5.41, 5.74) is 5.41. The second-order valence-electron chi connectivity index (χ2n) is 11.4. The van der Waals surface area contributed by atoms with E-state index in [1.807, 2.05) is 13.0 Å². The van der Waals surface area contributed by atoms with Crippen molar-refractivity contribution in [2.75, 3.05) is 13.1 Å². The van der Waals surface area contributed by atoms with Crippen LogP contribution >= 0.6 is 11.3 Å². The van der Waals surface area contributed by atoms with Gasteiger partial charge in [-0.25, -0.2) is 0 Å². The Balaban J connectivity index is 0.000000190. The quantitative estimate of drug-likeness (QED) is 0.362. The van der Waals surface area contributed by atoms with Crippen molar-refractivity contribution in [2.24, 2.45) is 23.0 Å². The predicted molar refractivity (Wildman–Crippen MR) is 148 cm³/mol. The highest BCUT2D eigenvalue weighted by Gasteiger charge is 2.62. The largest absolute Gasteiger partial charge is 0.470 e. The van der Waals surface area contributed by atoms with Crippen LogP contribution in [0.2, 0.25) is 0 Å². The van der Waals surface area contributed by atoms with E-state index in [9.17, 15) is 22.8 Å². The number of ether oxygens (including phenoxy) is 1. The van der Waals surface area contributed by atoms with Gasteiger partial charge in [-0.2, -0.15) is 28.6 Å². The number of alkyl halides is 3. The molecule has 3 amide bonds. The summed E-state index contributed by atoms with van der Waals surface area (Å²) in [5.74, 6) is 2.06. The summed E-state index contributed by atoms with van der Waals surface area (Å²) in [6.45, 7) is 10.8. The highest BCUT2D eigenvalue weighted by atomic mass is 32.1. The molecule has 1 aliphatic heterocycles. The zero-order valence-corrected chi connectivity index (χ0v) is 24.5. The summed E-state index contributed by atoms with van der Waals surface area (Å²) in [6, 6.07) is 1.10.